The second kappa shape index (κ2) is 9.92. The molecule has 2 aromatic carbocycles. The van der Waals surface area contributed by atoms with Crippen LogP contribution in [0.2, 0.25) is 0 Å². The quantitative estimate of drug-likeness (QED) is 0.220. The van der Waals surface area contributed by atoms with E-state index in [-0.39, 0.29) is 18.1 Å². The van der Waals surface area contributed by atoms with Gasteiger partial charge in [0.2, 0.25) is 5.76 Å². The van der Waals surface area contributed by atoms with Gasteiger partial charge in [-0.1, -0.05) is 60.4 Å². The minimum absolute atomic E-state index is 0.101. The van der Waals surface area contributed by atoms with E-state index < -0.39 is 11.9 Å². The zero-order valence-corrected chi connectivity index (χ0v) is 20.5. The molecule has 10 heteroatoms. The Balaban J connectivity index is 1.31. The van der Waals surface area contributed by atoms with Crippen molar-refractivity contribution in [2.45, 2.75) is 6.42 Å². The summed E-state index contributed by atoms with van der Waals surface area (Å²) in [7, 11) is 0. The first kappa shape index (κ1) is 24.3. The molecule has 0 aliphatic carbocycles. The highest BCUT2D eigenvalue weighted by Crippen LogP contribution is 2.37. The van der Waals surface area contributed by atoms with E-state index in [1.54, 1.807) is 60.7 Å². The van der Waals surface area contributed by atoms with Gasteiger partial charge in [-0.2, -0.15) is 0 Å². The molecule has 8 nitrogen and oxygen atoms in total. The minimum atomic E-state index is -1.13. The predicted molar refractivity (Wildman–Crippen MR) is 142 cm³/mol. The third-order valence-corrected chi connectivity index (χ3v) is 6.82. The maximum absolute atomic E-state index is 13.0. The fourth-order valence-corrected chi connectivity index (χ4v) is 5.03. The fourth-order valence-electron chi connectivity index (χ4n) is 3.75. The summed E-state index contributed by atoms with van der Waals surface area (Å²) in [6, 6.07) is 20.5. The molecule has 2 N–H and O–H groups in total. The zero-order valence-electron chi connectivity index (χ0n) is 18.9. The largest absolute Gasteiger partial charge is 0.481 e. The summed E-state index contributed by atoms with van der Waals surface area (Å²) in [6.45, 7) is 0. The normalized spacial score (nSPS) is 14.5. The second-order valence-electron chi connectivity index (χ2n) is 8.00. The van der Waals surface area contributed by atoms with Gasteiger partial charge in [-0.15, -0.1) is 0 Å². The third-order valence-electron chi connectivity index (χ3n) is 5.51. The molecule has 0 atom stereocenters. The van der Waals surface area contributed by atoms with E-state index in [9.17, 15) is 14.4 Å². The summed E-state index contributed by atoms with van der Waals surface area (Å²) in [5.74, 6) is -0.958. The Morgan fingerprint density at radius 2 is 1.49 bits per heavy atom. The minimum Gasteiger partial charge on any atom is -0.481 e. The average Bonchev–Trinajstić information content (AvgIpc) is 3.60. The lowest BCUT2D eigenvalue weighted by atomic mass is 10.1. The van der Waals surface area contributed by atoms with E-state index in [0.29, 0.717) is 37.8 Å². The van der Waals surface area contributed by atoms with Crippen molar-refractivity contribution in [2.24, 2.45) is 0 Å². The van der Waals surface area contributed by atoms with Gasteiger partial charge in [0, 0.05) is 17.2 Å². The van der Waals surface area contributed by atoms with Crippen molar-refractivity contribution in [3.8, 4) is 22.6 Å². The Morgan fingerprint density at radius 3 is 2.08 bits per heavy atom. The van der Waals surface area contributed by atoms with Crippen molar-refractivity contribution in [1.82, 2.24) is 0 Å². The van der Waals surface area contributed by atoms with Crippen LogP contribution in [-0.2, 0) is 16.0 Å². The number of amides is 1. The number of furan rings is 2. The number of aromatic carboxylic acids is 1. The highest BCUT2D eigenvalue weighted by Gasteiger charge is 2.33. The van der Waals surface area contributed by atoms with Crippen LogP contribution in [0.5, 0.6) is 0 Å². The van der Waals surface area contributed by atoms with Crippen LogP contribution in [-0.4, -0.2) is 32.4 Å². The van der Waals surface area contributed by atoms with Crippen LogP contribution < -0.4 is 4.90 Å². The molecular formula is C27H17NO7S2. The molecule has 37 heavy (non-hydrogen) atoms. The molecule has 4 aromatic rings. The van der Waals surface area contributed by atoms with Gasteiger partial charge < -0.3 is 19.0 Å². The molecule has 1 aliphatic rings. The highest BCUT2D eigenvalue weighted by atomic mass is 32.2. The van der Waals surface area contributed by atoms with Crippen molar-refractivity contribution in [1.29, 1.82) is 0 Å². The van der Waals surface area contributed by atoms with Gasteiger partial charge in [0.15, 0.2) is 4.32 Å². The molecule has 5 rings (SSSR count). The second-order valence-corrected chi connectivity index (χ2v) is 9.68. The standard InChI is InChI=1S/C27H17NO7S2/c29-24(30)13-15-1-7-18(8-2-15)28-25(31)23(37-27(28)36)14-19-9-10-20(34-19)16-3-5-17(6-4-16)21-11-12-22(35-21)26(32)33/h1-12,14H,13H2,(H,29,30)(H,32,33)/b23-14-. The van der Waals surface area contributed by atoms with Crippen LogP contribution in [0.25, 0.3) is 28.7 Å². The maximum atomic E-state index is 13.0. The number of carbonyl (C=O) groups excluding carboxylic acids is 1. The third kappa shape index (κ3) is 5.11. The fraction of sp³-hybridized carbons (Fsp3) is 0.0370. The Bertz CT molecular complexity index is 1560. The number of nitrogens with zero attached hydrogens (tertiary/aromatic N) is 1. The van der Waals surface area contributed by atoms with Gasteiger partial charge in [-0.05, 0) is 42.0 Å². The molecule has 1 saturated heterocycles. The van der Waals surface area contributed by atoms with Crippen molar-refractivity contribution in [3.05, 3.63) is 94.8 Å². The van der Waals surface area contributed by atoms with Crippen LogP contribution in [0.15, 0.2) is 86.5 Å². The number of hydrogen-bond donors (Lipinski definition) is 2. The Hall–Kier alpha value is -4.41. The van der Waals surface area contributed by atoms with Gasteiger partial charge in [-0.25, -0.2) is 4.79 Å². The van der Waals surface area contributed by atoms with Crippen LogP contribution in [0.3, 0.4) is 0 Å². The molecule has 0 unspecified atom stereocenters. The van der Waals surface area contributed by atoms with Gasteiger partial charge in [-0.3, -0.25) is 14.5 Å². The molecule has 3 heterocycles. The Labute approximate surface area is 219 Å². The molecule has 2 aromatic heterocycles. The smallest absolute Gasteiger partial charge is 0.371 e. The number of carbonyl (C=O) groups is 3. The van der Waals surface area contributed by atoms with Crippen LogP contribution in [0.4, 0.5) is 5.69 Å². The number of benzene rings is 2. The van der Waals surface area contributed by atoms with E-state index in [1.165, 1.54) is 11.0 Å². The van der Waals surface area contributed by atoms with Crippen molar-refractivity contribution in [2.75, 3.05) is 4.90 Å². The summed E-state index contributed by atoms with van der Waals surface area (Å²) >= 11 is 6.57. The topological polar surface area (TPSA) is 121 Å². The van der Waals surface area contributed by atoms with Gasteiger partial charge >= 0.3 is 11.9 Å². The lowest BCUT2D eigenvalue weighted by Gasteiger charge is -2.14. The predicted octanol–water partition coefficient (Wildman–Crippen LogP) is 5.94. The number of hydrogen-bond acceptors (Lipinski definition) is 7. The molecule has 0 radical (unpaired) electrons. The van der Waals surface area contributed by atoms with Crippen LogP contribution in [0, 0.1) is 0 Å². The van der Waals surface area contributed by atoms with Crippen molar-refractivity contribution in [3.63, 3.8) is 0 Å². The molecule has 184 valence electrons. The van der Waals surface area contributed by atoms with E-state index in [2.05, 4.69) is 0 Å². The summed E-state index contributed by atoms with van der Waals surface area (Å²) in [6.07, 6.45) is 1.53. The van der Waals surface area contributed by atoms with Gasteiger partial charge in [0.1, 0.15) is 17.3 Å². The summed E-state index contributed by atoms with van der Waals surface area (Å²) in [4.78, 5) is 36.8. The van der Waals surface area contributed by atoms with Crippen LogP contribution in [0.1, 0.15) is 21.9 Å². The number of thiocarbonyl (C=S) groups is 1. The van der Waals surface area contributed by atoms with E-state index in [1.807, 2.05) is 12.1 Å². The zero-order chi connectivity index (χ0) is 26.1. The average molecular weight is 532 g/mol. The summed E-state index contributed by atoms with van der Waals surface area (Å²) in [5, 5.41) is 18.0. The summed E-state index contributed by atoms with van der Waals surface area (Å²) < 4.78 is 11.6. The number of carboxylic acids is 2. The Morgan fingerprint density at radius 1 is 0.865 bits per heavy atom. The maximum Gasteiger partial charge on any atom is 0.371 e. The van der Waals surface area contributed by atoms with E-state index >= 15 is 0 Å². The molecule has 0 saturated carbocycles. The molecule has 1 amide bonds. The number of thioether (sulfide) groups is 1. The lowest BCUT2D eigenvalue weighted by Crippen LogP contribution is -2.27. The number of carboxylic acid groups (broad SMARTS) is 2. The monoisotopic (exact) mass is 531 g/mol. The molecular weight excluding hydrogens is 514 g/mol. The van der Waals surface area contributed by atoms with Gasteiger partial charge in [0.25, 0.3) is 5.91 Å². The molecule has 0 spiro atoms. The number of anilines is 1. The van der Waals surface area contributed by atoms with E-state index in [0.717, 1.165) is 22.9 Å². The summed E-state index contributed by atoms with van der Waals surface area (Å²) in [5.41, 5.74) is 2.71. The first-order chi connectivity index (χ1) is 17.8. The van der Waals surface area contributed by atoms with Gasteiger partial charge in [0.05, 0.1) is 17.0 Å². The lowest BCUT2D eigenvalue weighted by molar-refractivity contribution is -0.136. The molecule has 1 fully saturated rings. The highest BCUT2D eigenvalue weighted by molar-refractivity contribution is 8.27. The van der Waals surface area contributed by atoms with Crippen molar-refractivity contribution < 1.29 is 33.4 Å². The number of rotatable bonds is 7. The first-order valence-corrected chi connectivity index (χ1v) is 12.1. The van der Waals surface area contributed by atoms with Crippen molar-refractivity contribution >= 4 is 57.9 Å². The number of aliphatic carboxylic acids is 1. The molecule has 0 bridgehead atoms. The van der Waals surface area contributed by atoms with Crippen LogP contribution >= 0.6 is 24.0 Å². The molecule has 1 aliphatic heterocycles. The SMILES string of the molecule is O=C(O)Cc1ccc(N2C(=O)/C(=C/c3ccc(-c4ccc(-c5ccc(C(=O)O)o5)cc4)o3)SC2=S)cc1. The Kier molecular flexibility index (Phi) is 6.51. The first-order valence-electron chi connectivity index (χ1n) is 10.9. The van der Waals surface area contributed by atoms with E-state index in [4.69, 9.17) is 31.3 Å².